The molecule has 0 heterocycles. The molecule has 0 saturated heterocycles. The third-order valence-electron chi connectivity index (χ3n) is 5.26. The van der Waals surface area contributed by atoms with E-state index in [1.54, 1.807) is 37.3 Å². The van der Waals surface area contributed by atoms with Crippen LogP contribution in [0.4, 0.5) is 0 Å². The predicted molar refractivity (Wildman–Crippen MR) is 129 cm³/mol. The first-order valence-electron chi connectivity index (χ1n) is 10.8. The van der Waals surface area contributed by atoms with Crippen LogP contribution in [0.5, 0.6) is 0 Å². The molecular weight excluding hydrogens is 462 g/mol. The zero-order chi connectivity index (χ0) is 25.8. The third-order valence-corrected chi connectivity index (χ3v) is 5.63. The summed E-state index contributed by atoms with van der Waals surface area (Å²) >= 11 is 4.10. The molecule has 1 aromatic carbocycles. The minimum absolute atomic E-state index is 0.0540. The topological polar surface area (TPSA) is 194 Å². The molecule has 0 aliphatic carbocycles. The number of thiol groups is 1. The molecule has 1 rings (SSSR count). The van der Waals surface area contributed by atoms with Gasteiger partial charge in [-0.15, -0.1) is 0 Å². The number of benzene rings is 1. The zero-order valence-electron chi connectivity index (χ0n) is 19.2. The fourth-order valence-electron chi connectivity index (χ4n) is 3.05. The molecule has 1 aromatic rings. The molecule has 188 valence electrons. The lowest BCUT2D eigenvalue weighted by Gasteiger charge is -2.27. The van der Waals surface area contributed by atoms with Crippen LogP contribution in [0.3, 0.4) is 0 Å². The molecule has 0 aromatic heterocycles. The number of nitrogens with two attached hydrogens (primary N) is 2. The fourth-order valence-corrected chi connectivity index (χ4v) is 3.31. The number of carboxylic acids is 1. The largest absolute Gasteiger partial charge is 0.480 e. The highest BCUT2D eigenvalue weighted by atomic mass is 32.1. The van der Waals surface area contributed by atoms with Gasteiger partial charge in [0.05, 0.1) is 12.5 Å². The number of hydrogen-bond donors (Lipinski definition) is 7. The van der Waals surface area contributed by atoms with Crippen LogP contribution in [0.15, 0.2) is 30.3 Å². The van der Waals surface area contributed by atoms with Crippen LogP contribution in [0, 0.1) is 5.92 Å². The standard InChI is InChI=1S/C22H33N5O6S/c1-3-12(2)18(27-19(29)14(23)10-17(24)28)21(31)26-16(11-34)20(30)25-15(22(32)33)9-13-7-5-4-6-8-13/h4-8,12,14-16,18,34H,3,9-11,23H2,1-2H3,(H2,24,28)(H,25,30)(H,26,31)(H,27,29)(H,32,33). The normalized spacial score (nSPS) is 15.2. The summed E-state index contributed by atoms with van der Waals surface area (Å²) in [6.45, 7) is 3.53. The molecule has 0 aliphatic heterocycles. The van der Waals surface area contributed by atoms with Crippen molar-refractivity contribution in [3.05, 3.63) is 35.9 Å². The molecule has 0 fully saturated rings. The van der Waals surface area contributed by atoms with Gasteiger partial charge >= 0.3 is 5.97 Å². The van der Waals surface area contributed by atoms with Gasteiger partial charge in [0.25, 0.3) is 0 Å². The first-order chi connectivity index (χ1) is 16.0. The number of amides is 4. The number of primary amides is 1. The van der Waals surface area contributed by atoms with Gasteiger partial charge in [-0.2, -0.15) is 12.6 Å². The Kier molecular flexibility index (Phi) is 12.1. The minimum Gasteiger partial charge on any atom is -0.480 e. The van der Waals surface area contributed by atoms with Gasteiger partial charge in [-0.3, -0.25) is 19.2 Å². The van der Waals surface area contributed by atoms with Crippen LogP contribution in [0.1, 0.15) is 32.3 Å². The Morgan fingerprint density at radius 3 is 2.06 bits per heavy atom. The maximum atomic E-state index is 12.9. The van der Waals surface area contributed by atoms with Gasteiger partial charge in [-0.05, 0) is 11.5 Å². The highest BCUT2D eigenvalue weighted by Crippen LogP contribution is 2.10. The second-order valence-electron chi connectivity index (χ2n) is 7.98. The molecular formula is C22H33N5O6S. The molecule has 5 atom stereocenters. The van der Waals surface area contributed by atoms with Crippen molar-refractivity contribution in [3.8, 4) is 0 Å². The number of carbonyl (C=O) groups is 5. The lowest BCUT2D eigenvalue weighted by Crippen LogP contribution is -2.59. The quantitative estimate of drug-likeness (QED) is 0.160. The Bertz CT molecular complexity index is 869. The van der Waals surface area contributed by atoms with Crippen LogP contribution >= 0.6 is 12.6 Å². The van der Waals surface area contributed by atoms with Gasteiger partial charge in [0, 0.05) is 12.2 Å². The van der Waals surface area contributed by atoms with Crippen molar-refractivity contribution >= 4 is 42.2 Å². The van der Waals surface area contributed by atoms with Gasteiger partial charge in [0.2, 0.25) is 23.6 Å². The predicted octanol–water partition coefficient (Wildman–Crippen LogP) is -1.05. The van der Waals surface area contributed by atoms with E-state index in [-0.39, 0.29) is 24.5 Å². The number of rotatable bonds is 14. The van der Waals surface area contributed by atoms with E-state index in [0.717, 1.165) is 0 Å². The Labute approximate surface area is 203 Å². The van der Waals surface area contributed by atoms with E-state index < -0.39 is 53.8 Å². The van der Waals surface area contributed by atoms with E-state index >= 15 is 0 Å². The lowest BCUT2D eigenvalue weighted by atomic mass is 9.97. The summed E-state index contributed by atoms with van der Waals surface area (Å²) in [5.41, 5.74) is 11.4. The molecule has 0 spiro atoms. The number of carbonyl (C=O) groups excluding carboxylic acids is 4. The average Bonchev–Trinajstić information content (AvgIpc) is 2.79. The highest BCUT2D eigenvalue weighted by molar-refractivity contribution is 7.80. The fraction of sp³-hybridized carbons (Fsp3) is 0.500. The first kappa shape index (κ1) is 28.9. The van der Waals surface area contributed by atoms with Gasteiger partial charge in [-0.25, -0.2) is 4.79 Å². The average molecular weight is 496 g/mol. The molecule has 0 radical (unpaired) electrons. The number of hydrogen-bond acceptors (Lipinski definition) is 7. The number of nitrogens with one attached hydrogen (secondary N) is 3. The van der Waals surface area contributed by atoms with Gasteiger partial charge in [0.15, 0.2) is 0 Å². The van der Waals surface area contributed by atoms with Gasteiger partial charge in [-0.1, -0.05) is 50.6 Å². The molecule has 12 heteroatoms. The first-order valence-corrected chi connectivity index (χ1v) is 11.5. The second-order valence-corrected chi connectivity index (χ2v) is 8.35. The maximum absolute atomic E-state index is 12.9. The van der Waals surface area contributed by atoms with E-state index in [9.17, 15) is 29.1 Å². The van der Waals surface area contributed by atoms with Crippen LogP contribution in [0.2, 0.25) is 0 Å². The van der Waals surface area contributed by atoms with Crippen LogP contribution in [-0.2, 0) is 30.4 Å². The van der Waals surface area contributed by atoms with Crippen LogP contribution < -0.4 is 27.4 Å². The minimum atomic E-state index is -1.23. The summed E-state index contributed by atoms with van der Waals surface area (Å²) in [6, 6.07) is 4.13. The summed E-state index contributed by atoms with van der Waals surface area (Å²) in [5.74, 6) is -4.57. The van der Waals surface area contributed by atoms with Crippen molar-refractivity contribution in [1.82, 2.24) is 16.0 Å². The van der Waals surface area contributed by atoms with E-state index in [2.05, 4.69) is 28.6 Å². The number of carboxylic acid groups (broad SMARTS) is 1. The Morgan fingerprint density at radius 2 is 1.56 bits per heavy atom. The molecule has 11 nitrogen and oxygen atoms in total. The van der Waals surface area contributed by atoms with Crippen molar-refractivity contribution in [3.63, 3.8) is 0 Å². The van der Waals surface area contributed by atoms with E-state index in [0.29, 0.717) is 12.0 Å². The summed E-state index contributed by atoms with van der Waals surface area (Å²) in [6.07, 6.45) is 0.179. The van der Waals surface area contributed by atoms with Crippen LogP contribution in [-0.4, -0.2) is 64.6 Å². The van der Waals surface area contributed by atoms with Crippen molar-refractivity contribution < 1.29 is 29.1 Å². The van der Waals surface area contributed by atoms with Gasteiger partial charge < -0.3 is 32.5 Å². The summed E-state index contributed by atoms with van der Waals surface area (Å²) in [5, 5.41) is 16.9. The summed E-state index contributed by atoms with van der Waals surface area (Å²) < 4.78 is 0. The molecule has 34 heavy (non-hydrogen) atoms. The van der Waals surface area contributed by atoms with E-state index in [4.69, 9.17) is 11.5 Å². The lowest BCUT2D eigenvalue weighted by molar-refractivity contribution is -0.142. The zero-order valence-corrected chi connectivity index (χ0v) is 20.1. The molecule has 0 bridgehead atoms. The van der Waals surface area contributed by atoms with Crippen LogP contribution in [0.25, 0.3) is 0 Å². The van der Waals surface area contributed by atoms with E-state index in [1.807, 2.05) is 6.92 Å². The van der Waals surface area contributed by atoms with E-state index in [1.165, 1.54) is 0 Å². The smallest absolute Gasteiger partial charge is 0.326 e. The molecule has 0 saturated carbocycles. The number of aliphatic carboxylic acids is 1. The Morgan fingerprint density at radius 1 is 0.971 bits per heavy atom. The maximum Gasteiger partial charge on any atom is 0.326 e. The summed E-state index contributed by atoms with van der Waals surface area (Å²) in [4.78, 5) is 60.6. The Balaban J connectivity index is 2.89. The Hall–Kier alpha value is -3.12. The van der Waals surface area contributed by atoms with Gasteiger partial charge in [0.1, 0.15) is 18.1 Å². The SMILES string of the molecule is CCC(C)C(NC(=O)C(N)CC(N)=O)C(=O)NC(CS)C(=O)NC(Cc1ccccc1)C(=O)O. The van der Waals surface area contributed by atoms with Crippen molar-refractivity contribution in [2.75, 3.05) is 5.75 Å². The molecule has 0 aliphatic rings. The van der Waals surface area contributed by atoms with Crippen molar-refractivity contribution in [2.24, 2.45) is 17.4 Å². The summed E-state index contributed by atoms with van der Waals surface area (Å²) in [7, 11) is 0. The third kappa shape index (κ3) is 9.40. The monoisotopic (exact) mass is 495 g/mol. The molecule has 4 amide bonds. The van der Waals surface area contributed by atoms with Crippen molar-refractivity contribution in [2.45, 2.75) is 57.3 Å². The van der Waals surface area contributed by atoms with Crippen molar-refractivity contribution in [1.29, 1.82) is 0 Å². The molecule has 8 N–H and O–H groups in total. The molecule has 5 unspecified atom stereocenters. The highest BCUT2D eigenvalue weighted by Gasteiger charge is 2.32. The second kappa shape index (κ2) is 14.2.